The zero-order chi connectivity index (χ0) is 10.8. The third kappa shape index (κ3) is 10.3. The molecule has 0 amide bonds. The first kappa shape index (κ1) is 17.4. The van der Waals surface area contributed by atoms with E-state index >= 15 is 0 Å². The minimum Gasteiger partial charge on any atom is -0.299 e. The predicted molar refractivity (Wildman–Crippen MR) is 72.9 cm³/mol. The molecule has 2 heteroatoms. The zero-order valence-electron chi connectivity index (χ0n) is 10.9. The van der Waals surface area contributed by atoms with Gasteiger partial charge in [0.05, 0.1) is 0 Å². The van der Waals surface area contributed by atoms with Crippen LogP contribution in [0.15, 0.2) is 11.6 Å². The summed E-state index contributed by atoms with van der Waals surface area (Å²) in [4.78, 5) is 2.59. The number of rotatable bonds is 8. The fourth-order valence-electron chi connectivity index (χ4n) is 1.48. The Morgan fingerprint density at radius 1 is 1.07 bits per heavy atom. The van der Waals surface area contributed by atoms with Gasteiger partial charge < -0.3 is 0 Å². The molecule has 0 aromatic rings. The van der Waals surface area contributed by atoms with Crippen LogP contribution in [0.1, 0.15) is 53.4 Å². The highest BCUT2D eigenvalue weighted by Gasteiger charge is 2.03. The van der Waals surface area contributed by atoms with E-state index in [0.717, 1.165) is 6.54 Å². The molecule has 92 valence electrons. The highest BCUT2D eigenvalue weighted by Crippen LogP contribution is 2.03. The third-order valence-electron chi connectivity index (χ3n) is 2.62. The lowest BCUT2D eigenvalue weighted by atomic mass is 10.2. The van der Waals surface area contributed by atoms with E-state index in [1.165, 1.54) is 44.3 Å². The van der Waals surface area contributed by atoms with Crippen molar-refractivity contribution in [1.82, 2.24) is 4.90 Å². The lowest BCUT2D eigenvalue weighted by Gasteiger charge is -2.22. The van der Waals surface area contributed by atoms with Crippen molar-refractivity contribution in [3.8, 4) is 0 Å². The van der Waals surface area contributed by atoms with Gasteiger partial charge in [-0.1, -0.05) is 38.3 Å². The van der Waals surface area contributed by atoms with E-state index < -0.39 is 0 Å². The summed E-state index contributed by atoms with van der Waals surface area (Å²) >= 11 is 0. The molecule has 0 saturated heterocycles. The van der Waals surface area contributed by atoms with Crippen molar-refractivity contribution in [2.75, 3.05) is 19.6 Å². The van der Waals surface area contributed by atoms with Gasteiger partial charge in [0.1, 0.15) is 0 Å². The summed E-state index contributed by atoms with van der Waals surface area (Å²) in [5.74, 6) is 0. The lowest BCUT2D eigenvalue weighted by molar-refractivity contribution is 0.286. The Morgan fingerprint density at radius 3 is 1.87 bits per heavy atom. The second-order valence-electron chi connectivity index (χ2n) is 4.12. The number of hydrogen-bond acceptors (Lipinski definition) is 1. The normalized spacial score (nSPS) is 11.7. The SMILES string of the molecule is CC=C(C)CN(CCCC)CCCC.Cl. The molecule has 0 aliphatic carbocycles. The molecule has 0 bridgehead atoms. The first-order chi connectivity index (χ1) is 6.74. The van der Waals surface area contributed by atoms with Crippen LogP contribution in [0.2, 0.25) is 0 Å². The van der Waals surface area contributed by atoms with E-state index in [1.807, 2.05) is 0 Å². The van der Waals surface area contributed by atoms with Crippen LogP contribution in [-0.2, 0) is 0 Å². The van der Waals surface area contributed by atoms with E-state index in [-0.39, 0.29) is 12.4 Å². The second-order valence-corrected chi connectivity index (χ2v) is 4.12. The van der Waals surface area contributed by atoms with Crippen molar-refractivity contribution < 1.29 is 0 Å². The van der Waals surface area contributed by atoms with Crippen LogP contribution < -0.4 is 0 Å². The standard InChI is InChI=1S/C13H27N.ClH/c1-5-8-10-14(11-9-6-2)12-13(4)7-3;/h7H,5-6,8-12H2,1-4H3;1H. The zero-order valence-corrected chi connectivity index (χ0v) is 11.7. The Kier molecular flexibility index (Phi) is 14.0. The molecule has 0 aromatic carbocycles. The van der Waals surface area contributed by atoms with Gasteiger partial charge in [-0.05, 0) is 39.8 Å². The molecule has 0 unspecified atom stereocenters. The second kappa shape index (κ2) is 12.1. The van der Waals surface area contributed by atoms with Crippen LogP contribution in [0.4, 0.5) is 0 Å². The molecule has 0 fully saturated rings. The average Bonchev–Trinajstić information content (AvgIpc) is 2.21. The lowest BCUT2D eigenvalue weighted by Crippen LogP contribution is -2.27. The van der Waals surface area contributed by atoms with E-state index in [2.05, 4.69) is 38.7 Å². The molecular formula is C13H28ClN. The van der Waals surface area contributed by atoms with Crippen LogP contribution in [-0.4, -0.2) is 24.5 Å². The van der Waals surface area contributed by atoms with Crippen molar-refractivity contribution in [3.63, 3.8) is 0 Å². The molecule has 0 radical (unpaired) electrons. The van der Waals surface area contributed by atoms with Crippen molar-refractivity contribution in [3.05, 3.63) is 11.6 Å². The quantitative estimate of drug-likeness (QED) is 0.566. The van der Waals surface area contributed by atoms with Crippen LogP contribution in [0.25, 0.3) is 0 Å². The largest absolute Gasteiger partial charge is 0.299 e. The highest BCUT2D eigenvalue weighted by atomic mass is 35.5. The molecule has 0 rings (SSSR count). The van der Waals surface area contributed by atoms with Crippen molar-refractivity contribution in [1.29, 1.82) is 0 Å². The number of hydrogen-bond donors (Lipinski definition) is 0. The molecule has 1 nitrogen and oxygen atoms in total. The van der Waals surface area contributed by atoms with Gasteiger partial charge in [0.2, 0.25) is 0 Å². The molecule has 0 aliphatic rings. The first-order valence-corrected chi connectivity index (χ1v) is 6.08. The summed E-state index contributed by atoms with van der Waals surface area (Å²) < 4.78 is 0. The summed E-state index contributed by atoms with van der Waals surface area (Å²) in [5, 5.41) is 0. The van der Waals surface area contributed by atoms with E-state index in [9.17, 15) is 0 Å². The summed E-state index contributed by atoms with van der Waals surface area (Å²) in [6.07, 6.45) is 7.50. The fraction of sp³-hybridized carbons (Fsp3) is 0.846. The molecule has 15 heavy (non-hydrogen) atoms. The minimum atomic E-state index is 0. The van der Waals surface area contributed by atoms with Crippen LogP contribution >= 0.6 is 12.4 Å². The molecule has 0 spiro atoms. The van der Waals surface area contributed by atoms with E-state index in [0.29, 0.717) is 0 Å². The number of allylic oxidation sites excluding steroid dienone is 1. The Morgan fingerprint density at radius 2 is 1.53 bits per heavy atom. The molecule has 0 heterocycles. The fourth-order valence-corrected chi connectivity index (χ4v) is 1.48. The van der Waals surface area contributed by atoms with Gasteiger partial charge in [-0.3, -0.25) is 4.90 Å². The maximum atomic E-state index is 2.59. The van der Waals surface area contributed by atoms with Crippen molar-refractivity contribution >= 4 is 12.4 Å². The molecule has 0 saturated carbocycles. The topological polar surface area (TPSA) is 3.24 Å². The van der Waals surface area contributed by atoms with Gasteiger partial charge >= 0.3 is 0 Å². The summed E-state index contributed by atoms with van der Waals surface area (Å²) in [6.45, 7) is 12.6. The number of halogens is 1. The maximum absolute atomic E-state index is 2.59. The Labute approximate surface area is 102 Å². The number of nitrogens with zero attached hydrogens (tertiary/aromatic N) is 1. The van der Waals surface area contributed by atoms with E-state index in [1.54, 1.807) is 0 Å². The van der Waals surface area contributed by atoms with Crippen LogP contribution in [0.3, 0.4) is 0 Å². The van der Waals surface area contributed by atoms with Gasteiger partial charge in [0.15, 0.2) is 0 Å². The van der Waals surface area contributed by atoms with Crippen LogP contribution in [0, 0.1) is 0 Å². The van der Waals surface area contributed by atoms with Gasteiger partial charge in [0, 0.05) is 6.54 Å². The molecule has 0 atom stereocenters. The molecular weight excluding hydrogens is 206 g/mol. The molecule has 0 aromatic heterocycles. The first-order valence-electron chi connectivity index (χ1n) is 6.08. The number of unbranched alkanes of at least 4 members (excludes halogenated alkanes) is 2. The smallest absolute Gasteiger partial charge is 0.0189 e. The summed E-state index contributed by atoms with van der Waals surface area (Å²) in [7, 11) is 0. The Hall–Kier alpha value is -0.0100. The van der Waals surface area contributed by atoms with E-state index in [4.69, 9.17) is 0 Å². The highest BCUT2D eigenvalue weighted by molar-refractivity contribution is 5.85. The maximum Gasteiger partial charge on any atom is 0.0189 e. The Bertz CT molecular complexity index is 147. The Balaban J connectivity index is 0. The molecule has 0 N–H and O–H groups in total. The third-order valence-corrected chi connectivity index (χ3v) is 2.62. The van der Waals surface area contributed by atoms with Gasteiger partial charge in [-0.25, -0.2) is 0 Å². The van der Waals surface area contributed by atoms with Crippen LogP contribution in [0.5, 0.6) is 0 Å². The van der Waals surface area contributed by atoms with Gasteiger partial charge in [-0.2, -0.15) is 0 Å². The monoisotopic (exact) mass is 233 g/mol. The van der Waals surface area contributed by atoms with Gasteiger partial charge in [-0.15, -0.1) is 12.4 Å². The minimum absolute atomic E-state index is 0. The van der Waals surface area contributed by atoms with Crippen molar-refractivity contribution in [2.24, 2.45) is 0 Å². The van der Waals surface area contributed by atoms with Gasteiger partial charge in [0.25, 0.3) is 0 Å². The predicted octanol–water partition coefficient (Wildman–Crippen LogP) is 4.28. The molecule has 0 aliphatic heterocycles. The average molecular weight is 234 g/mol. The summed E-state index contributed by atoms with van der Waals surface area (Å²) in [6, 6.07) is 0. The summed E-state index contributed by atoms with van der Waals surface area (Å²) in [5.41, 5.74) is 1.50. The van der Waals surface area contributed by atoms with Crippen molar-refractivity contribution in [2.45, 2.75) is 53.4 Å².